The third kappa shape index (κ3) is 6.28. The van der Waals surface area contributed by atoms with Gasteiger partial charge in [0.1, 0.15) is 11.9 Å². The van der Waals surface area contributed by atoms with Crippen LogP contribution >= 0.6 is 0 Å². The van der Waals surface area contributed by atoms with Gasteiger partial charge in [-0.05, 0) is 49.7 Å². The average molecular weight is 377 g/mol. The summed E-state index contributed by atoms with van der Waals surface area (Å²) in [7, 11) is 2.09. The summed E-state index contributed by atoms with van der Waals surface area (Å²) >= 11 is 0. The molecule has 27 heavy (non-hydrogen) atoms. The second kappa shape index (κ2) is 8.79. The van der Waals surface area contributed by atoms with Gasteiger partial charge >= 0.3 is 6.18 Å². The first kappa shape index (κ1) is 19.7. The average Bonchev–Trinajstić information content (AvgIpc) is 3.48. The zero-order valence-corrected chi connectivity index (χ0v) is 15.6. The van der Waals surface area contributed by atoms with Crippen LogP contribution in [0.2, 0.25) is 0 Å². The van der Waals surface area contributed by atoms with E-state index in [-0.39, 0.29) is 11.9 Å². The Morgan fingerprint density at radius 3 is 2.44 bits per heavy atom. The minimum atomic E-state index is -4.37. The van der Waals surface area contributed by atoms with Crippen LogP contribution in [0.3, 0.4) is 0 Å². The molecule has 0 N–H and O–H groups in total. The summed E-state index contributed by atoms with van der Waals surface area (Å²) in [5.41, 5.74) is 0.291. The number of ether oxygens (including phenoxy) is 1. The fourth-order valence-corrected chi connectivity index (χ4v) is 3.13. The van der Waals surface area contributed by atoms with Gasteiger partial charge in [-0.2, -0.15) is 13.2 Å². The van der Waals surface area contributed by atoms with Crippen molar-refractivity contribution in [3.8, 4) is 5.75 Å². The Balaban J connectivity index is 1.66. The molecule has 2 nitrogen and oxygen atoms in total. The lowest BCUT2D eigenvalue weighted by Crippen LogP contribution is -2.24. The summed E-state index contributed by atoms with van der Waals surface area (Å²) in [6, 6.07) is 14.8. The summed E-state index contributed by atoms with van der Waals surface area (Å²) < 4.78 is 44.9. The van der Waals surface area contributed by atoms with Gasteiger partial charge in [0.2, 0.25) is 0 Å². The predicted octanol–water partition coefficient (Wildman–Crippen LogP) is 5.95. The molecular formula is C22H26F3NO. The molecule has 1 unspecified atom stereocenters. The van der Waals surface area contributed by atoms with Crippen molar-refractivity contribution in [3.05, 3.63) is 65.7 Å². The molecule has 0 saturated heterocycles. The number of alkyl halides is 3. The topological polar surface area (TPSA) is 12.5 Å². The molecular weight excluding hydrogens is 351 g/mol. The van der Waals surface area contributed by atoms with Crippen LogP contribution in [0.15, 0.2) is 54.6 Å². The largest absolute Gasteiger partial charge is 0.486 e. The van der Waals surface area contributed by atoms with E-state index in [1.54, 1.807) is 6.07 Å². The van der Waals surface area contributed by atoms with Crippen LogP contribution in [0.5, 0.6) is 5.75 Å². The summed E-state index contributed by atoms with van der Waals surface area (Å²) in [6.45, 7) is 1.89. The van der Waals surface area contributed by atoms with Gasteiger partial charge in [0.25, 0.3) is 0 Å². The molecule has 1 aliphatic rings. The van der Waals surface area contributed by atoms with E-state index in [1.165, 1.54) is 25.3 Å². The van der Waals surface area contributed by atoms with E-state index in [0.717, 1.165) is 43.1 Å². The predicted molar refractivity (Wildman–Crippen MR) is 101 cm³/mol. The van der Waals surface area contributed by atoms with Gasteiger partial charge in [0, 0.05) is 13.0 Å². The van der Waals surface area contributed by atoms with Crippen molar-refractivity contribution in [1.29, 1.82) is 0 Å². The number of nitrogens with zero attached hydrogens (tertiary/aromatic N) is 1. The van der Waals surface area contributed by atoms with Crippen LogP contribution in [0.25, 0.3) is 0 Å². The molecule has 0 radical (unpaired) electrons. The molecule has 1 saturated carbocycles. The first-order valence-corrected chi connectivity index (χ1v) is 9.49. The van der Waals surface area contributed by atoms with Gasteiger partial charge in [0.05, 0.1) is 5.56 Å². The first-order chi connectivity index (χ1) is 12.9. The van der Waals surface area contributed by atoms with Gasteiger partial charge in [-0.25, -0.2) is 0 Å². The van der Waals surface area contributed by atoms with E-state index in [4.69, 9.17) is 4.74 Å². The van der Waals surface area contributed by atoms with Crippen LogP contribution in [-0.2, 0) is 6.18 Å². The Hall–Kier alpha value is -2.01. The number of benzene rings is 2. The van der Waals surface area contributed by atoms with E-state index in [9.17, 15) is 13.2 Å². The summed E-state index contributed by atoms with van der Waals surface area (Å²) in [4.78, 5) is 2.28. The zero-order valence-electron chi connectivity index (χ0n) is 15.6. The molecule has 1 atom stereocenters. The van der Waals surface area contributed by atoms with Crippen molar-refractivity contribution in [2.75, 3.05) is 20.1 Å². The molecule has 0 aromatic heterocycles. The fourth-order valence-electron chi connectivity index (χ4n) is 3.13. The maximum absolute atomic E-state index is 13.0. The summed E-state index contributed by atoms with van der Waals surface area (Å²) in [6.07, 6.45) is -0.0104. The van der Waals surface area contributed by atoms with E-state index in [1.807, 2.05) is 30.3 Å². The number of hydrogen-bond acceptors (Lipinski definition) is 2. The third-order valence-electron chi connectivity index (χ3n) is 5.00. The second-order valence-corrected chi connectivity index (χ2v) is 7.37. The highest BCUT2D eigenvalue weighted by Crippen LogP contribution is 2.34. The Bertz CT molecular complexity index is 713. The van der Waals surface area contributed by atoms with Crippen LogP contribution in [0.4, 0.5) is 13.2 Å². The van der Waals surface area contributed by atoms with Crippen LogP contribution in [0.1, 0.15) is 42.9 Å². The molecule has 3 rings (SSSR count). The maximum atomic E-state index is 13.0. The molecule has 146 valence electrons. The van der Waals surface area contributed by atoms with Crippen LogP contribution in [-0.4, -0.2) is 25.0 Å². The Morgan fingerprint density at radius 1 is 1.04 bits per heavy atom. The number of rotatable bonds is 9. The molecule has 0 aliphatic heterocycles. The van der Waals surface area contributed by atoms with Gasteiger partial charge in [-0.3, -0.25) is 0 Å². The van der Waals surface area contributed by atoms with Crippen molar-refractivity contribution in [3.63, 3.8) is 0 Å². The maximum Gasteiger partial charge on any atom is 0.416 e. The minimum Gasteiger partial charge on any atom is -0.486 e. The molecule has 5 heteroatoms. The van der Waals surface area contributed by atoms with Gasteiger partial charge in [0.15, 0.2) is 0 Å². The molecule has 0 bridgehead atoms. The van der Waals surface area contributed by atoms with Crippen LogP contribution in [0, 0.1) is 5.92 Å². The fraction of sp³-hybridized carbons (Fsp3) is 0.455. The van der Waals surface area contributed by atoms with Crippen molar-refractivity contribution >= 4 is 0 Å². The van der Waals surface area contributed by atoms with E-state index >= 15 is 0 Å². The molecule has 2 aromatic rings. The highest BCUT2D eigenvalue weighted by atomic mass is 19.4. The Morgan fingerprint density at radius 2 is 1.78 bits per heavy atom. The third-order valence-corrected chi connectivity index (χ3v) is 5.00. The van der Waals surface area contributed by atoms with Crippen molar-refractivity contribution in [2.45, 2.75) is 38.0 Å². The lowest BCUT2D eigenvalue weighted by molar-refractivity contribution is -0.137. The Labute approximate surface area is 159 Å². The normalized spacial score (nSPS) is 15.7. The summed E-state index contributed by atoms with van der Waals surface area (Å²) in [5.74, 6) is 1.14. The monoisotopic (exact) mass is 377 g/mol. The molecule has 0 spiro atoms. The minimum absolute atomic E-state index is 0.249. The van der Waals surface area contributed by atoms with E-state index in [2.05, 4.69) is 11.9 Å². The van der Waals surface area contributed by atoms with Gasteiger partial charge in [-0.15, -0.1) is 0 Å². The van der Waals surface area contributed by atoms with E-state index < -0.39 is 11.7 Å². The standard InChI is InChI=1S/C22H26F3NO/c1-26(14-12-17-10-11-17)15-13-21(18-6-3-2-4-7-18)27-20-9-5-8-19(16-20)22(23,24)25/h2-9,16-17,21H,10-15H2,1H3. The lowest BCUT2D eigenvalue weighted by Gasteiger charge is -2.23. The quantitative estimate of drug-likeness (QED) is 0.536. The van der Waals surface area contributed by atoms with Gasteiger partial charge < -0.3 is 9.64 Å². The van der Waals surface area contributed by atoms with Crippen molar-refractivity contribution in [1.82, 2.24) is 4.90 Å². The number of halogens is 3. The summed E-state index contributed by atoms with van der Waals surface area (Å²) in [5, 5.41) is 0. The Kier molecular flexibility index (Phi) is 6.42. The van der Waals surface area contributed by atoms with E-state index in [0.29, 0.717) is 0 Å². The lowest BCUT2D eigenvalue weighted by atomic mass is 10.1. The molecule has 0 amide bonds. The molecule has 2 aromatic carbocycles. The second-order valence-electron chi connectivity index (χ2n) is 7.37. The highest BCUT2D eigenvalue weighted by Gasteiger charge is 2.31. The highest BCUT2D eigenvalue weighted by molar-refractivity contribution is 5.31. The van der Waals surface area contributed by atoms with Crippen molar-refractivity contribution in [2.24, 2.45) is 5.92 Å². The SMILES string of the molecule is CN(CCC1CC1)CCC(Oc1cccc(C(F)(F)F)c1)c1ccccc1. The smallest absolute Gasteiger partial charge is 0.416 e. The number of hydrogen-bond donors (Lipinski definition) is 0. The molecule has 1 aliphatic carbocycles. The molecule has 1 fully saturated rings. The van der Waals surface area contributed by atoms with Crippen molar-refractivity contribution < 1.29 is 17.9 Å². The van der Waals surface area contributed by atoms with Crippen LogP contribution < -0.4 is 4.74 Å². The zero-order chi connectivity index (χ0) is 19.3. The molecule has 0 heterocycles. The van der Waals surface area contributed by atoms with Gasteiger partial charge in [-0.1, -0.05) is 49.2 Å². The first-order valence-electron chi connectivity index (χ1n) is 9.49.